The van der Waals surface area contributed by atoms with Gasteiger partial charge in [0.1, 0.15) is 0 Å². The summed E-state index contributed by atoms with van der Waals surface area (Å²) in [4.78, 5) is 18.9. The topological polar surface area (TPSA) is 77.7 Å². The molecule has 0 N–H and O–H groups in total. The average Bonchev–Trinajstić information content (AvgIpc) is 3.46. The van der Waals surface area contributed by atoms with Gasteiger partial charge in [0.25, 0.3) is 0 Å². The molecule has 2 aliphatic rings. The maximum absolute atomic E-state index is 12.6. The van der Waals surface area contributed by atoms with Crippen molar-refractivity contribution in [1.29, 1.82) is 0 Å². The van der Waals surface area contributed by atoms with Gasteiger partial charge in [-0.15, -0.1) is 0 Å². The van der Waals surface area contributed by atoms with Crippen molar-refractivity contribution in [2.75, 3.05) is 18.2 Å². The van der Waals surface area contributed by atoms with Crippen LogP contribution in [-0.2, 0) is 4.79 Å². The van der Waals surface area contributed by atoms with E-state index in [0.29, 0.717) is 42.1 Å². The zero-order valence-corrected chi connectivity index (χ0v) is 16.3. The van der Waals surface area contributed by atoms with Crippen LogP contribution < -0.4 is 14.4 Å². The fraction of sp³-hybridized carbons (Fsp3) is 0.318. The Labute approximate surface area is 168 Å². The van der Waals surface area contributed by atoms with E-state index in [4.69, 9.17) is 14.0 Å². The van der Waals surface area contributed by atoms with E-state index < -0.39 is 0 Å². The van der Waals surface area contributed by atoms with E-state index in [2.05, 4.69) is 36.1 Å². The van der Waals surface area contributed by atoms with Crippen LogP contribution in [0.15, 0.2) is 47.0 Å². The number of aromatic nitrogens is 2. The molecule has 2 aromatic carbocycles. The number of hydrogen-bond acceptors (Lipinski definition) is 6. The van der Waals surface area contributed by atoms with Crippen molar-refractivity contribution in [2.24, 2.45) is 0 Å². The highest BCUT2D eigenvalue weighted by Crippen LogP contribution is 2.36. The monoisotopic (exact) mass is 391 g/mol. The molecule has 0 radical (unpaired) electrons. The summed E-state index contributed by atoms with van der Waals surface area (Å²) in [6.07, 6.45) is 0.356. The number of hydrogen-bond donors (Lipinski definition) is 0. The molecule has 0 aliphatic carbocycles. The highest BCUT2D eigenvalue weighted by atomic mass is 16.7. The van der Waals surface area contributed by atoms with Crippen molar-refractivity contribution >= 4 is 11.6 Å². The molecule has 2 aliphatic heterocycles. The Hall–Kier alpha value is -3.35. The number of benzene rings is 2. The smallest absolute Gasteiger partial charge is 0.232 e. The van der Waals surface area contributed by atoms with Crippen LogP contribution in [0.25, 0.3) is 11.4 Å². The third-order valence-corrected chi connectivity index (χ3v) is 5.42. The van der Waals surface area contributed by atoms with Crippen LogP contribution in [0.3, 0.4) is 0 Å². The van der Waals surface area contributed by atoms with Gasteiger partial charge in [-0.2, -0.15) is 4.98 Å². The fourth-order valence-corrected chi connectivity index (χ4v) is 3.72. The Morgan fingerprint density at radius 1 is 1.07 bits per heavy atom. The maximum Gasteiger partial charge on any atom is 0.232 e. The summed E-state index contributed by atoms with van der Waals surface area (Å²) in [5.74, 6) is 2.73. The number of nitrogens with zero attached hydrogens (tertiary/aromatic N) is 3. The summed E-state index contributed by atoms with van der Waals surface area (Å²) >= 11 is 0. The number of rotatable bonds is 4. The zero-order valence-electron chi connectivity index (χ0n) is 16.3. The van der Waals surface area contributed by atoms with Gasteiger partial charge in [0.2, 0.25) is 24.4 Å². The molecule has 3 heterocycles. The second-order valence-electron chi connectivity index (χ2n) is 7.68. The van der Waals surface area contributed by atoms with Crippen LogP contribution in [0.1, 0.15) is 43.6 Å². The molecule has 3 aromatic rings. The molecule has 7 nitrogen and oxygen atoms in total. The van der Waals surface area contributed by atoms with E-state index in [1.807, 2.05) is 30.3 Å². The minimum absolute atomic E-state index is 0.0649. The second kappa shape index (κ2) is 6.92. The lowest BCUT2D eigenvalue weighted by molar-refractivity contribution is -0.117. The predicted octanol–water partition coefficient (Wildman–Crippen LogP) is 4.11. The Morgan fingerprint density at radius 2 is 1.86 bits per heavy atom. The third-order valence-electron chi connectivity index (χ3n) is 5.42. The molecular weight excluding hydrogens is 370 g/mol. The average molecular weight is 391 g/mol. The molecule has 1 amide bonds. The van der Waals surface area contributed by atoms with Crippen molar-refractivity contribution in [3.8, 4) is 22.9 Å². The number of carbonyl (C=O) groups is 1. The van der Waals surface area contributed by atoms with Gasteiger partial charge < -0.3 is 18.9 Å². The summed E-state index contributed by atoms with van der Waals surface area (Å²) < 4.78 is 16.2. The third kappa shape index (κ3) is 3.22. The van der Waals surface area contributed by atoms with E-state index in [9.17, 15) is 4.79 Å². The Bertz CT molecular complexity index is 1060. The van der Waals surface area contributed by atoms with Gasteiger partial charge in [-0.1, -0.05) is 31.1 Å². The van der Waals surface area contributed by atoms with Crippen LogP contribution in [0.4, 0.5) is 5.69 Å². The molecule has 0 bridgehead atoms. The SMILES string of the molecule is CC(C)c1ccc(N2CC(c3nc(-c4ccc5c(c4)OCO5)no3)CC2=O)cc1. The first-order chi connectivity index (χ1) is 14.1. The van der Waals surface area contributed by atoms with Gasteiger partial charge in [0.05, 0.1) is 5.92 Å². The Balaban J connectivity index is 1.34. The van der Waals surface area contributed by atoms with Gasteiger partial charge in [0.15, 0.2) is 11.5 Å². The Morgan fingerprint density at radius 3 is 2.66 bits per heavy atom. The number of fused-ring (bicyclic) bond motifs is 1. The molecule has 148 valence electrons. The summed E-state index contributed by atoms with van der Waals surface area (Å²) in [7, 11) is 0. The van der Waals surface area contributed by atoms with Crippen LogP contribution >= 0.6 is 0 Å². The summed E-state index contributed by atoms with van der Waals surface area (Å²) in [5.41, 5.74) is 2.94. The molecule has 1 fully saturated rings. The number of amides is 1. The Kier molecular flexibility index (Phi) is 4.23. The highest BCUT2D eigenvalue weighted by Gasteiger charge is 2.35. The lowest BCUT2D eigenvalue weighted by Gasteiger charge is -2.17. The normalized spacial score (nSPS) is 18.1. The van der Waals surface area contributed by atoms with Crippen LogP contribution in [0.2, 0.25) is 0 Å². The number of ether oxygens (including phenoxy) is 2. The lowest BCUT2D eigenvalue weighted by atomic mass is 10.0. The zero-order chi connectivity index (χ0) is 20.0. The predicted molar refractivity (Wildman–Crippen MR) is 106 cm³/mol. The molecule has 1 saturated heterocycles. The molecule has 1 unspecified atom stereocenters. The first-order valence-corrected chi connectivity index (χ1v) is 9.72. The largest absolute Gasteiger partial charge is 0.454 e. The molecule has 0 spiro atoms. The number of carbonyl (C=O) groups excluding carboxylic acids is 1. The van der Waals surface area contributed by atoms with Crippen molar-refractivity contribution in [1.82, 2.24) is 10.1 Å². The van der Waals surface area contributed by atoms with Gasteiger partial charge in [-0.3, -0.25) is 4.79 Å². The first kappa shape index (κ1) is 17.7. The van der Waals surface area contributed by atoms with Gasteiger partial charge >= 0.3 is 0 Å². The molecular formula is C22H21N3O4. The van der Waals surface area contributed by atoms with Crippen molar-refractivity contribution in [3.05, 3.63) is 53.9 Å². The second-order valence-corrected chi connectivity index (χ2v) is 7.68. The maximum atomic E-state index is 12.6. The van der Waals surface area contributed by atoms with Gasteiger partial charge in [-0.25, -0.2) is 0 Å². The first-order valence-electron chi connectivity index (χ1n) is 9.72. The molecule has 0 saturated carbocycles. The molecule has 7 heteroatoms. The fourth-order valence-electron chi connectivity index (χ4n) is 3.72. The molecule has 1 atom stereocenters. The van der Waals surface area contributed by atoms with E-state index in [1.165, 1.54) is 5.56 Å². The van der Waals surface area contributed by atoms with Crippen LogP contribution in [0, 0.1) is 0 Å². The van der Waals surface area contributed by atoms with E-state index >= 15 is 0 Å². The number of anilines is 1. The van der Waals surface area contributed by atoms with E-state index in [-0.39, 0.29) is 18.6 Å². The molecule has 29 heavy (non-hydrogen) atoms. The minimum atomic E-state index is -0.123. The molecule has 1 aromatic heterocycles. The van der Waals surface area contributed by atoms with E-state index in [1.54, 1.807) is 4.90 Å². The quantitative estimate of drug-likeness (QED) is 0.666. The highest BCUT2D eigenvalue weighted by molar-refractivity contribution is 5.96. The summed E-state index contributed by atoms with van der Waals surface area (Å²) in [5, 5.41) is 4.10. The standard InChI is InChI=1S/C22H21N3O4/c1-13(2)14-3-6-17(7-4-14)25-11-16(10-20(25)26)22-23-21(24-29-22)15-5-8-18-19(9-15)28-12-27-18/h3-9,13,16H,10-12H2,1-2H3. The lowest BCUT2D eigenvalue weighted by Crippen LogP contribution is -2.24. The molecule has 5 rings (SSSR count). The van der Waals surface area contributed by atoms with Crippen molar-refractivity contribution < 1.29 is 18.8 Å². The van der Waals surface area contributed by atoms with Gasteiger partial charge in [0, 0.05) is 24.2 Å². The summed E-state index contributed by atoms with van der Waals surface area (Å²) in [6, 6.07) is 13.7. The minimum Gasteiger partial charge on any atom is -0.454 e. The van der Waals surface area contributed by atoms with Crippen LogP contribution in [-0.4, -0.2) is 29.4 Å². The van der Waals surface area contributed by atoms with Crippen molar-refractivity contribution in [3.63, 3.8) is 0 Å². The van der Waals surface area contributed by atoms with Crippen LogP contribution in [0.5, 0.6) is 11.5 Å². The van der Waals surface area contributed by atoms with Gasteiger partial charge in [-0.05, 0) is 41.8 Å². The van der Waals surface area contributed by atoms with Crippen molar-refractivity contribution in [2.45, 2.75) is 32.1 Å². The summed E-state index contributed by atoms with van der Waals surface area (Å²) in [6.45, 7) is 5.05. The van der Waals surface area contributed by atoms with E-state index in [0.717, 1.165) is 11.3 Å².